The molecule has 21 heavy (non-hydrogen) atoms. The summed E-state index contributed by atoms with van der Waals surface area (Å²) in [6.45, 7) is 3.78. The van der Waals surface area contributed by atoms with Gasteiger partial charge in [0, 0.05) is 5.54 Å². The lowest BCUT2D eigenvalue weighted by molar-refractivity contribution is -0.137. The van der Waals surface area contributed by atoms with Crippen molar-refractivity contribution < 1.29 is 13.2 Å². The molecule has 3 rings (SSSR count). The molecule has 0 aliphatic carbocycles. The Bertz CT molecular complexity index is 765. The van der Waals surface area contributed by atoms with Crippen LogP contribution in [0.1, 0.15) is 37.4 Å². The van der Waals surface area contributed by atoms with Crippen molar-refractivity contribution in [1.82, 2.24) is 4.57 Å². The van der Waals surface area contributed by atoms with Gasteiger partial charge in [0.05, 0.1) is 21.8 Å². The minimum Gasteiger partial charge on any atom is -0.324 e. The summed E-state index contributed by atoms with van der Waals surface area (Å²) in [4.78, 5) is 0.258. The number of nitrogens with two attached hydrogens (primary N) is 1. The molecule has 0 radical (unpaired) electrons. The van der Waals surface area contributed by atoms with E-state index in [1.807, 2.05) is 13.8 Å². The summed E-state index contributed by atoms with van der Waals surface area (Å²) in [5.41, 5.74) is 6.44. The summed E-state index contributed by atoms with van der Waals surface area (Å²) in [5.74, 6) is 0. The first kappa shape index (κ1) is 14.6. The Labute approximate surface area is 123 Å². The Morgan fingerprint density at radius 2 is 2.00 bits per heavy atom. The van der Waals surface area contributed by atoms with Gasteiger partial charge in [0.1, 0.15) is 0 Å². The van der Waals surface area contributed by atoms with E-state index in [9.17, 15) is 13.2 Å². The van der Waals surface area contributed by atoms with Crippen molar-refractivity contribution in [3.05, 3.63) is 28.1 Å². The summed E-state index contributed by atoms with van der Waals surface area (Å²) in [5, 5.41) is 8.11. The molecule has 1 aliphatic heterocycles. The second-order valence-electron chi connectivity index (χ2n) is 6.13. The number of benzene rings is 1. The van der Waals surface area contributed by atoms with Crippen molar-refractivity contribution in [3.63, 3.8) is 0 Å². The van der Waals surface area contributed by atoms with Crippen LogP contribution < -0.4 is 10.5 Å². The van der Waals surface area contributed by atoms with E-state index < -0.39 is 17.3 Å². The van der Waals surface area contributed by atoms with Gasteiger partial charge < -0.3 is 10.3 Å². The molecule has 1 atom stereocenters. The molecule has 1 aromatic heterocycles. The largest absolute Gasteiger partial charge is 0.416 e. The first-order valence-corrected chi connectivity index (χ1v) is 7.49. The van der Waals surface area contributed by atoms with Crippen LogP contribution in [-0.4, -0.2) is 10.1 Å². The van der Waals surface area contributed by atoms with Crippen LogP contribution in [0.5, 0.6) is 0 Å². The van der Waals surface area contributed by atoms with E-state index in [1.54, 1.807) is 4.57 Å². The SMILES string of the molecule is CC(C)(N)[C@H]1CCc2cc(C(F)(F)F)cc3sc(=N)n1c23. The first-order chi connectivity index (χ1) is 9.59. The zero-order chi connectivity index (χ0) is 15.6. The standard InChI is InChI=1S/C14H16F3N3S/c1-13(2,19)10-4-3-7-5-8(14(15,16)17)6-9-11(7)20(10)12(18)21-9/h5-6,10,18H,3-4,19H2,1-2H3/t10-/m1/s1. The van der Waals surface area contributed by atoms with Crippen molar-refractivity contribution >= 4 is 21.6 Å². The van der Waals surface area contributed by atoms with Gasteiger partial charge in [-0.25, -0.2) is 0 Å². The fraction of sp³-hybridized carbons (Fsp3) is 0.500. The van der Waals surface area contributed by atoms with Crippen LogP contribution in [-0.2, 0) is 12.6 Å². The fourth-order valence-corrected chi connectivity index (χ4v) is 4.09. The van der Waals surface area contributed by atoms with Gasteiger partial charge in [-0.1, -0.05) is 11.3 Å². The summed E-state index contributed by atoms with van der Waals surface area (Å²) in [6, 6.07) is 2.29. The number of rotatable bonds is 1. The third-order valence-electron chi connectivity index (χ3n) is 4.01. The lowest BCUT2D eigenvalue weighted by Gasteiger charge is -2.35. The van der Waals surface area contributed by atoms with Crippen LogP contribution in [0.4, 0.5) is 13.2 Å². The van der Waals surface area contributed by atoms with Gasteiger partial charge in [-0.2, -0.15) is 13.2 Å². The molecule has 0 saturated heterocycles. The van der Waals surface area contributed by atoms with Crippen molar-refractivity contribution in [1.29, 1.82) is 5.41 Å². The number of hydrogen-bond donors (Lipinski definition) is 2. The molecule has 0 unspecified atom stereocenters. The molecule has 0 fully saturated rings. The van der Waals surface area contributed by atoms with Gasteiger partial charge in [0.25, 0.3) is 0 Å². The normalized spacial score (nSPS) is 19.2. The van der Waals surface area contributed by atoms with Crippen LogP contribution in [0.15, 0.2) is 12.1 Å². The maximum absolute atomic E-state index is 13.0. The first-order valence-electron chi connectivity index (χ1n) is 6.67. The number of thiazole rings is 1. The Morgan fingerprint density at radius 1 is 1.33 bits per heavy atom. The van der Waals surface area contributed by atoms with E-state index in [4.69, 9.17) is 11.1 Å². The second-order valence-corrected chi connectivity index (χ2v) is 7.16. The minimum absolute atomic E-state index is 0.0667. The zero-order valence-corrected chi connectivity index (χ0v) is 12.5. The lowest BCUT2D eigenvalue weighted by atomic mass is 9.87. The van der Waals surface area contributed by atoms with Crippen LogP contribution in [0, 0.1) is 5.41 Å². The highest BCUT2D eigenvalue weighted by atomic mass is 32.1. The Hall–Kier alpha value is -1.34. The van der Waals surface area contributed by atoms with Crippen LogP contribution in [0.25, 0.3) is 10.2 Å². The highest BCUT2D eigenvalue weighted by Crippen LogP contribution is 2.40. The van der Waals surface area contributed by atoms with E-state index in [-0.39, 0.29) is 10.8 Å². The summed E-state index contributed by atoms with van der Waals surface area (Å²) in [7, 11) is 0. The molecule has 0 bridgehead atoms. The molecule has 7 heteroatoms. The zero-order valence-electron chi connectivity index (χ0n) is 11.7. The number of halogens is 3. The molecule has 0 saturated carbocycles. The van der Waals surface area contributed by atoms with Gasteiger partial charge >= 0.3 is 6.18 Å². The van der Waals surface area contributed by atoms with Crippen LogP contribution in [0.3, 0.4) is 0 Å². The van der Waals surface area contributed by atoms with Gasteiger partial charge in [-0.15, -0.1) is 0 Å². The Balaban J connectivity index is 2.31. The van der Waals surface area contributed by atoms with Gasteiger partial charge in [0.15, 0.2) is 4.80 Å². The van der Waals surface area contributed by atoms with Gasteiger partial charge in [-0.05, 0) is 44.4 Å². The van der Waals surface area contributed by atoms with E-state index in [2.05, 4.69) is 0 Å². The van der Waals surface area contributed by atoms with Crippen molar-refractivity contribution in [2.45, 2.75) is 44.4 Å². The topological polar surface area (TPSA) is 54.8 Å². The predicted molar refractivity (Wildman–Crippen MR) is 76.3 cm³/mol. The fourth-order valence-electron chi connectivity index (χ4n) is 3.05. The molecular weight excluding hydrogens is 299 g/mol. The molecule has 3 nitrogen and oxygen atoms in total. The number of nitrogens with one attached hydrogen (secondary N) is 1. The molecule has 1 aliphatic rings. The van der Waals surface area contributed by atoms with Crippen LogP contribution in [0.2, 0.25) is 0 Å². The third kappa shape index (κ3) is 2.28. The van der Waals surface area contributed by atoms with Crippen LogP contribution >= 0.6 is 11.3 Å². The third-order valence-corrected chi connectivity index (χ3v) is 4.93. The second kappa shape index (κ2) is 4.33. The molecular formula is C14H16F3N3S. The van der Waals surface area contributed by atoms with Crippen molar-refractivity contribution in [2.75, 3.05) is 0 Å². The number of aromatic nitrogens is 1. The maximum atomic E-state index is 13.0. The van der Waals surface area contributed by atoms with Gasteiger partial charge in [-0.3, -0.25) is 5.41 Å². The van der Waals surface area contributed by atoms with E-state index in [0.717, 1.165) is 22.9 Å². The van der Waals surface area contributed by atoms with Crippen molar-refractivity contribution in [3.8, 4) is 0 Å². The molecule has 3 N–H and O–H groups in total. The number of alkyl halides is 3. The maximum Gasteiger partial charge on any atom is 0.416 e. The Kier molecular flexibility index (Phi) is 3.01. The highest BCUT2D eigenvalue weighted by Gasteiger charge is 2.36. The van der Waals surface area contributed by atoms with E-state index in [0.29, 0.717) is 23.1 Å². The smallest absolute Gasteiger partial charge is 0.324 e. The summed E-state index contributed by atoms with van der Waals surface area (Å²) >= 11 is 1.08. The molecule has 2 aromatic rings. The number of aryl methyl sites for hydroxylation is 1. The lowest BCUT2D eigenvalue weighted by Crippen LogP contribution is -2.45. The molecule has 114 valence electrons. The van der Waals surface area contributed by atoms with Gasteiger partial charge in [0.2, 0.25) is 0 Å². The summed E-state index contributed by atoms with van der Waals surface area (Å²) < 4.78 is 41.2. The molecule has 0 spiro atoms. The highest BCUT2D eigenvalue weighted by molar-refractivity contribution is 7.16. The molecule has 2 heterocycles. The van der Waals surface area contributed by atoms with E-state index in [1.165, 1.54) is 6.07 Å². The molecule has 0 amide bonds. The van der Waals surface area contributed by atoms with Crippen molar-refractivity contribution in [2.24, 2.45) is 5.73 Å². The quantitative estimate of drug-likeness (QED) is 0.832. The summed E-state index contributed by atoms with van der Waals surface area (Å²) in [6.07, 6.45) is -3.15. The average Bonchev–Trinajstić information content (AvgIpc) is 2.66. The average molecular weight is 315 g/mol. The van der Waals surface area contributed by atoms with E-state index >= 15 is 0 Å². The Morgan fingerprint density at radius 3 is 2.57 bits per heavy atom. The molecule has 1 aromatic carbocycles. The monoisotopic (exact) mass is 315 g/mol. The predicted octanol–water partition coefficient (Wildman–Crippen LogP) is 3.43. The number of nitrogens with zero attached hydrogens (tertiary/aromatic N) is 1. The number of hydrogen-bond acceptors (Lipinski definition) is 3. The minimum atomic E-state index is -4.36.